The number of benzene rings is 1. The van der Waals surface area contributed by atoms with Crippen molar-refractivity contribution in [3.8, 4) is 17.5 Å². The fourth-order valence-corrected chi connectivity index (χ4v) is 2.62. The minimum absolute atomic E-state index is 0.316. The molecule has 2 N–H and O–H groups in total. The van der Waals surface area contributed by atoms with Crippen LogP contribution in [0, 0.1) is 11.3 Å². The molecule has 0 aliphatic carbocycles. The van der Waals surface area contributed by atoms with Crippen LogP contribution < -0.4 is 5.32 Å². The van der Waals surface area contributed by atoms with E-state index in [4.69, 9.17) is 5.26 Å². The molecular formula is C19H11F3N6. The molecule has 4 aromatic rings. The van der Waals surface area contributed by atoms with Crippen LogP contribution in [0.15, 0.2) is 54.9 Å². The average molecular weight is 380 g/mol. The highest BCUT2D eigenvalue weighted by molar-refractivity contribution is 5.81. The van der Waals surface area contributed by atoms with Crippen LogP contribution in [0.4, 0.5) is 24.8 Å². The van der Waals surface area contributed by atoms with Crippen LogP contribution >= 0.6 is 0 Å². The van der Waals surface area contributed by atoms with Crippen molar-refractivity contribution < 1.29 is 13.2 Å². The molecule has 4 rings (SSSR count). The lowest BCUT2D eigenvalue weighted by Crippen LogP contribution is -2.04. The number of H-pyrrole nitrogens is 1. The third kappa shape index (κ3) is 3.48. The van der Waals surface area contributed by atoms with Crippen LogP contribution in [0.2, 0.25) is 0 Å². The molecule has 9 heteroatoms. The van der Waals surface area contributed by atoms with Gasteiger partial charge in [0.25, 0.3) is 0 Å². The summed E-state index contributed by atoms with van der Waals surface area (Å²) < 4.78 is 38.8. The SMILES string of the molecule is N#Cc1ccc(Nc2cc3nc(-c4cccc(C(F)(F)F)c4)[nH]c3cn2)nc1. The second kappa shape index (κ2) is 6.66. The Morgan fingerprint density at radius 2 is 1.82 bits per heavy atom. The highest BCUT2D eigenvalue weighted by Gasteiger charge is 2.30. The Morgan fingerprint density at radius 3 is 2.54 bits per heavy atom. The van der Waals surface area contributed by atoms with Gasteiger partial charge in [-0.15, -0.1) is 0 Å². The number of nitrogens with zero attached hydrogens (tertiary/aromatic N) is 4. The van der Waals surface area contributed by atoms with E-state index in [0.717, 1.165) is 12.1 Å². The maximum absolute atomic E-state index is 12.9. The molecule has 3 aromatic heterocycles. The predicted octanol–water partition coefficient (Wildman–Crippen LogP) is 4.65. The summed E-state index contributed by atoms with van der Waals surface area (Å²) >= 11 is 0. The minimum atomic E-state index is -4.42. The molecule has 3 heterocycles. The van der Waals surface area contributed by atoms with Gasteiger partial charge in [0.05, 0.1) is 28.4 Å². The zero-order chi connectivity index (χ0) is 19.7. The van der Waals surface area contributed by atoms with Gasteiger partial charge in [-0.1, -0.05) is 12.1 Å². The maximum Gasteiger partial charge on any atom is 0.416 e. The maximum atomic E-state index is 12.9. The molecule has 138 valence electrons. The number of pyridine rings is 2. The van der Waals surface area contributed by atoms with Gasteiger partial charge in [-0.2, -0.15) is 18.4 Å². The first kappa shape index (κ1) is 17.5. The quantitative estimate of drug-likeness (QED) is 0.540. The third-order valence-electron chi connectivity index (χ3n) is 3.98. The number of fused-ring (bicyclic) bond motifs is 1. The lowest BCUT2D eigenvalue weighted by atomic mass is 10.1. The zero-order valence-corrected chi connectivity index (χ0v) is 14.1. The molecule has 1 aromatic carbocycles. The molecule has 0 aliphatic heterocycles. The Morgan fingerprint density at radius 1 is 1.00 bits per heavy atom. The second-order valence-corrected chi connectivity index (χ2v) is 5.92. The van der Waals surface area contributed by atoms with Crippen molar-refractivity contribution in [2.75, 3.05) is 5.32 Å². The molecule has 0 aliphatic rings. The number of aromatic amines is 1. The molecule has 0 unspecified atom stereocenters. The molecule has 0 bridgehead atoms. The smallest absolute Gasteiger partial charge is 0.337 e. The van der Waals surface area contributed by atoms with Crippen LogP contribution in [0.1, 0.15) is 11.1 Å². The van der Waals surface area contributed by atoms with Gasteiger partial charge in [0.15, 0.2) is 0 Å². The summed E-state index contributed by atoms with van der Waals surface area (Å²) in [7, 11) is 0. The Kier molecular flexibility index (Phi) is 4.16. The summed E-state index contributed by atoms with van der Waals surface area (Å²) in [5.74, 6) is 1.28. The standard InChI is InChI=1S/C19H11F3N6/c20-19(21,22)13-3-1-2-12(6-13)18-26-14-7-17(25-10-15(14)27-18)28-16-5-4-11(8-23)9-24-16/h1-7,9-10H,(H,26,27)(H,24,25,28). The van der Waals surface area contributed by atoms with Gasteiger partial charge < -0.3 is 10.3 Å². The highest BCUT2D eigenvalue weighted by atomic mass is 19.4. The van der Waals surface area contributed by atoms with Crippen molar-refractivity contribution in [2.45, 2.75) is 6.18 Å². The summed E-state index contributed by atoms with van der Waals surface area (Å²) in [4.78, 5) is 15.7. The summed E-state index contributed by atoms with van der Waals surface area (Å²) in [6.07, 6.45) is -1.46. The predicted molar refractivity (Wildman–Crippen MR) is 96.6 cm³/mol. The number of rotatable bonds is 3. The zero-order valence-electron chi connectivity index (χ0n) is 14.1. The van der Waals surface area contributed by atoms with Crippen molar-refractivity contribution >= 4 is 22.7 Å². The number of halogens is 3. The van der Waals surface area contributed by atoms with Crippen LogP contribution in [-0.4, -0.2) is 19.9 Å². The number of nitriles is 1. The van der Waals surface area contributed by atoms with Gasteiger partial charge in [0.1, 0.15) is 23.5 Å². The van der Waals surface area contributed by atoms with E-state index in [-0.39, 0.29) is 0 Å². The van der Waals surface area contributed by atoms with Crippen molar-refractivity contribution in [2.24, 2.45) is 0 Å². The van der Waals surface area contributed by atoms with Gasteiger partial charge in [0.2, 0.25) is 0 Å². The number of nitrogens with one attached hydrogen (secondary N) is 2. The molecule has 0 fully saturated rings. The Hall–Kier alpha value is -3.93. The van der Waals surface area contributed by atoms with E-state index >= 15 is 0 Å². The van der Waals surface area contributed by atoms with Gasteiger partial charge in [-0.3, -0.25) is 0 Å². The van der Waals surface area contributed by atoms with Crippen LogP contribution in [-0.2, 0) is 6.18 Å². The topological polar surface area (TPSA) is 90.3 Å². The lowest BCUT2D eigenvalue weighted by Gasteiger charge is -2.07. The number of aromatic nitrogens is 4. The second-order valence-electron chi connectivity index (χ2n) is 5.92. The fourth-order valence-electron chi connectivity index (χ4n) is 2.62. The number of imidazole rings is 1. The molecular weight excluding hydrogens is 369 g/mol. The summed E-state index contributed by atoms with van der Waals surface area (Å²) in [5.41, 5.74) is 1.16. The molecule has 6 nitrogen and oxygen atoms in total. The molecule has 0 saturated heterocycles. The summed E-state index contributed by atoms with van der Waals surface area (Å²) in [6, 6.07) is 11.9. The fraction of sp³-hybridized carbons (Fsp3) is 0.0526. The monoisotopic (exact) mass is 380 g/mol. The number of alkyl halides is 3. The molecule has 0 radical (unpaired) electrons. The van der Waals surface area contributed by atoms with E-state index in [1.165, 1.54) is 18.5 Å². The van der Waals surface area contributed by atoms with Gasteiger partial charge >= 0.3 is 6.18 Å². The molecule has 0 amide bonds. The van der Waals surface area contributed by atoms with Gasteiger partial charge in [-0.25, -0.2) is 15.0 Å². The molecule has 0 spiro atoms. The minimum Gasteiger partial charge on any atom is -0.337 e. The highest BCUT2D eigenvalue weighted by Crippen LogP contribution is 2.32. The first-order valence-corrected chi connectivity index (χ1v) is 8.09. The van der Waals surface area contributed by atoms with Crippen LogP contribution in [0.5, 0.6) is 0 Å². The molecule has 0 atom stereocenters. The van der Waals surface area contributed by atoms with E-state index in [2.05, 4.69) is 25.3 Å². The van der Waals surface area contributed by atoms with E-state index in [9.17, 15) is 13.2 Å². The Labute approximate surface area is 156 Å². The van der Waals surface area contributed by atoms with E-state index in [1.807, 2.05) is 6.07 Å². The number of anilines is 2. The largest absolute Gasteiger partial charge is 0.416 e. The lowest BCUT2D eigenvalue weighted by molar-refractivity contribution is -0.137. The van der Waals surface area contributed by atoms with Gasteiger partial charge in [-0.05, 0) is 24.3 Å². The first-order chi connectivity index (χ1) is 13.4. The Bertz CT molecular complexity index is 1190. The first-order valence-electron chi connectivity index (χ1n) is 8.09. The van der Waals surface area contributed by atoms with Crippen molar-refractivity contribution in [1.29, 1.82) is 5.26 Å². The van der Waals surface area contributed by atoms with Crippen molar-refractivity contribution in [1.82, 2.24) is 19.9 Å². The number of hydrogen-bond acceptors (Lipinski definition) is 5. The summed E-state index contributed by atoms with van der Waals surface area (Å²) in [6.45, 7) is 0. The average Bonchev–Trinajstić information content (AvgIpc) is 3.11. The van der Waals surface area contributed by atoms with E-state index < -0.39 is 11.7 Å². The Balaban J connectivity index is 1.64. The van der Waals surface area contributed by atoms with Gasteiger partial charge in [0, 0.05) is 17.8 Å². The molecule has 0 saturated carbocycles. The van der Waals surface area contributed by atoms with Crippen molar-refractivity contribution in [3.05, 3.63) is 66.0 Å². The number of hydrogen-bond donors (Lipinski definition) is 2. The van der Waals surface area contributed by atoms with Crippen LogP contribution in [0.3, 0.4) is 0 Å². The van der Waals surface area contributed by atoms with Crippen LogP contribution in [0.25, 0.3) is 22.4 Å². The van der Waals surface area contributed by atoms with Crippen molar-refractivity contribution in [3.63, 3.8) is 0 Å². The molecule has 28 heavy (non-hydrogen) atoms. The summed E-state index contributed by atoms with van der Waals surface area (Å²) in [5, 5.41) is 11.8. The normalized spacial score (nSPS) is 11.4. The van der Waals surface area contributed by atoms with E-state index in [1.54, 1.807) is 24.3 Å². The third-order valence-corrected chi connectivity index (χ3v) is 3.98. The van der Waals surface area contributed by atoms with E-state index in [0.29, 0.717) is 39.6 Å².